The SMILES string of the molecule is CN1CCCC(NC(=O)c2occc2COc2ccccc2)C1. The number of hydrogen-bond acceptors (Lipinski definition) is 4. The molecule has 1 saturated heterocycles. The third-order valence-electron chi connectivity index (χ3n) is 4.05. The third-order valence-corrected chi connectivity index (χ3v) is 4.05. The minimum atomic E-state index is -0.165. The number of ether oxygens (including phenoxy) is 1. The van der Waals surface area contributed by atoms with Crippen LogP contribution in [0.5, 0.6) is 5.75 Å². The zero-order valence-corrected chi connectivity index (χ0v) is 13.3. The predicted octanol–water partition coefficient (Wildman–Crippen LogP) is 2.68. The molecule has 23 heavy (non-hydrogen) atoms. The highest BCUT2D eigenvalue weighted by molar-refractivity contribution is 5.93. The van der Waals surface area contributed by atoms with Gasteiger partial charge in [-0.05, 0) is 44.6 Å². The molecule has 1 aromatic carbocycles. The van der Waals surface area contributed by atoms with E-state index >= 15 is 0 Å². The van der Waals surface area contributed by atoms with Crippen LogP contribution >= 0.6 is 0 Å². The van der Waals surface area contributed by atoms with Gasteiger partial charge in [0, 0.05) is 18.2 Å². The van der Waals surface area contributed by atoms with Crippen molar-refractivity contribution in [2.45, 2.75) is 25.5 Å². The fourth-order valence-corrected chi connectivity index (χ4v) is 2.86. The number of furan rings is 1. The molecule has 1 N–H and O–H groups in total. The average Bonchev–Trinajstić information content (AvgIpc) is 3.02. The van der Waals surface area contributed by atoms with Gasteiger partial charge in [-0.2, -0.15) is 0 Å². The van der Waals surface area contributed by atoms with Gasteiger partial charge in [0.2, 0.25) is 0 Å². The first-order valence-electron chi connectivity index (χ1n) is 7.96. The van der Waals surface area contributed by atoms with Crippen molar-refractivity contribution in [2.75, 3.05) is 20.1 Å². The van der Waals surface area contributed by atoms with Gasteiger partial charge in [0.05, 0.1) is 6.26 Å². The number of carbonyl (C=O) groups is 1. The second-order valence-corrected chi connectivity index (χ2v) is 5.95. The predicted molar refractivity (Wildman–Crippen MR) is 87.5 cm³/mol. The van der Waals surface area contributed by atoms with Gasteiger partial charge in [-0.1, -0.05) is 18.2 Å². The molecule has 1 unspecified atom stereocenters. The fraction of sp³-hybridized carbons (Fsp3) is 0.389. The maximum Gasteiger partial charge on any atom is 0.287 e. The van der Waals surface area contributed by atoms with Crippen molar-refractivity contribution in [1.29, 1.82) is 0 Å². The molecule has 1 atom stereocenters. The number of rotatable bonds is 5. The number of carbonyl (C=O) groups excluding carboxylic acids is 1. The Labute approximate surface area is 136 Å². The van der Waals surface area contributed by atoms with Crippen molar-refractivity contribution in [3.8, 4) is 5.75 Å². The van der Waals surface area contributed by atoms with Gasteiger partial charge in [0.15, 0.2) is 5.76 Å². The highest BCUT2D eigenvalue weighted by Gasteiger charge is 2.22. The molecule has 0 aliphatic carbocycles. The van der Waals surface area contributed by atoms with E-state index in [0.29, 0.717) is 12.4 Å². The molecule has 3 rings (SSSR count). The summed E-state index contributed by atoms with van der Waals surface area (Å²) in [5.41, 5.74) is 0.760. The van der Waals surface area contributed by atoms with Crippen LogP contribution in [0.3, 0.4) is 0 Å². The quantitative estimate of drug-likeness (QED) is 0.922. The van der Waals surface area contributed by atoms with Crippen LogP contribution in [0.4, 0.5) is 0 Å². The van der Waals surface area contributed by atoms with E-state index in [2.05, 4.69) is 17.3 Å². The van der Waals surface area contributed by atoms with Crippen LogP contribution in [0.15, 0.2) is 47.1 Å². The molecule has 1 aliphatic rings. The molecule has 0 radical (unpaired) electrons. The Morgan fingerprint density at radius 3 is 2.96 bits per heavy atom. The summed E-state index contributed by atoms with van der Waals surface area (Å²) in [6.45, 7) is 2.28. The Hall–Kier alpha value is -2.27. The van der Waals surface area contributed by atoms with Crippen LogP contribution in [-0.4, -0.2) is 37.0 Å². The number of nitrogens with one attached hydrogen (secondary N) is 1. The summed E-state index contributed by atoms with van der Waals surface area (Å²) < 4.78 is 11.1. The Kier molecular flexibility index (Phi) is 4.98. The fourth-order valence-electron chi connectivity index (χ4n) is 2.86. The zero-order chi connectivity index (χ0) is 16.1. The maximum absolute atomic E-state index is 12.4. The molecular weight excluding hydrogens is 292 g/mol. The van der Waals surface area contributed by atoms with E-state index in [1.807, 2.05) is 30.3 Å². The van der Waals surface area contributed by atoms with E-state index in [0.717, 1.165) is 37.2 Å². The molecule has 5 nitrogen and oxygen atoms in total. The standard InChI is InChI=1S/C18H22N2O3/c1-20-10-5-6-15(12-20)19-18(21)17-14(9-11-22-17)13-23-16-7-3-2-4-8-16/h2-4,7-9,11,15H,5-6,10,12-13H2,1H3,(H,19,21). The number of piperidine rings is 1. The smallest absolute Gasteiger partial charge is 0.287 e. The van der Waals surface area contributed by atoms with Crippen molar-refractivity contribution in [1.82, 2.24) is 10.2 Å². The number of benzene rings is 1. The summed E-state index contributed by atoms with van der Waals surface area (Å²) in [7, 11) is 2.07. The van der Waals surface area contributed by atoms with E-state index in [4.69, 9.17) is 9.15 Å². The molecule has 2 heterocycles. The van der Waals surface area contributed by atoms with Crippen molar-refractivity contribution in [3.63, 3.8) is 0 Å². The van der Waals surface area contributed by atoms with Gasteiger partial charge in [0.25, 0.3) is 5.91 Å². The summed E-state index contributed by atoms with van der Waals surface area (Å²) in [6.07, 6.45) is 3.64. The summed E-state index contributed by atoms with van der Waals surface area (Å²) in [5, 5.41) is 3.06. The lowest BCUT2D eigenvalue weighted by atomic mass is 10.1. The second-order valence-electron chi connectivity index (χ2n) is 5.95. The van der Waals surface area contributed by atoms with Gasteiger partial charge < -0.3 is 19.4 Å². The molecule has 0 bridgehead atoms. The Morgan fingerprint density at radius 1 is 1.35 bits per heavy atom. The Balaban J connectivity index is 1.59. The average molecular weight is 314 g/mol. The van der Waals surface area contributed by atoms with Crippen molar-refractivity contribution < 1.29 is 13.9 Å². The lowest BCUT2D eigenvalue weighted by Crippen LogP contribution is -2.46. The lowest BCUT2D eigenvalue weighted by molar-refractivity contribution is 0.0881. The molecule has 2 aromatic rings. The number of hydrogen-bond donors (Lipinski definition) is 1. The van der Waals surface area contributed by atoms with E-state index in [-0.39, 0.29) is 11.9 Å². The largest absolute Gasteiger partial charge is 0.489 e. The molecule has 1 aliphatic heterocycles. The molecule has 5 heteroatoms. The summed E-state index contributed by atoms with van der Waals surface area (Å²) >= 11 is 0. The lowest BCUT2D eigenvalue weighted by Gasteiger charge is -2.30. The zero-order valence-electron chi connectivity index (χ0n) is 13.3. The van der Waals surface area contributed by atoms with Crippen LogP contribution < -0.4 is 10.1 Å². The maximum atomic E-state index is 12.4. The van der Waals surface area contributed by atoms with E-state index in [1.54, 1.807) is 6.07 Å². The molecule has 1 amide bonds. The van der Waals surface area contributed by atoms with Crippen molar-refractivity contribution in [3.05, 3.63) is 54.0 Å². The Bertz CT molecular complexity index is 639. The van der Waals surface area contributed by atoms with Gasteiger partial charge in [-0.3, -0.25) is 4.79 Å². The first-order valence-corrected chi connectivity index (χ1v) is 7.96. The normalized spacial score (nSPS) is 18.6. The first kappa shape index (κ1) is 15.6. The molecular formula is C18H22N2O3. The van der Waals surface area contributed by atoms with Crippen LogP contribution in [0.25, 0.3) is 0 Å². The highest BCUT2D eigenvalue weighted by Crippen LogP contribution is 2.16. The summed E-state index contributed by atoms with van der Waals surface area (Å²) in [5.74, 6) is 0.949. The van der Waals surface area contributed by atoms with E-state index < -0.39 is 0 Å². The Morgan fingerprint density at radius 2 is 2.17 bits per heavy atom. The third kappa shape index (κ3) is 4.13. The summed E-state index contributed by atoms with van der Waals surface area (Å²) in [6, 6.07) is 11.5. The van der Waals surface area contributed by atoms with Crippen molar-refractivity contribution >= 4 is 5.91 Å². The van der Waals surface area contributed by atoms with E-state index in [9.17, 15) is 4.79 Å². The minimum Gasteiger partial charge on any atom is -0.489 e. The van der Waals surface area contributed by atoms with Crippen LogP contribution in [-0.2, 0) is 6.61 Å². The highest BCUT2D eigenvalue weighted by atomic mass is 16.5. The topological polar surface area (TPSA) is 54.7 Å². The number of para-hydroxylation sites is 1. The van der Waals surface area contributed by atoms with Crippen LogP contribution in [0.2, 0.25) is 0 Å². The number of nitrogens with zero attached hydrogens (tertiary/aromatic N) is 1. The second kappa shape index (κ2) is 7.33. The number of amides is 1. The van der Waals surface area contributed by atoms with Crippen LogP contribution in [0, 0.1) is 0 Å². The molecule has 122 valence electrons. The van der Waals surface area contributed by atoms with Crippen LogP contribution in [0.1, 0.15) is 29.0 Å². The first-order chi connectivity index (χ1) is 11.2. The van der Waals surface area contributed by atoms with Gasteiger partial charge in [-0.25, -0.2) is 0 Å². The summed E-state index contributed by atoms with van der Waals surface area (Å²) in [4.78, 5) is 14.7. The van der Waals surface area contributed by atoms with Gasteiger partial charge in [0.1, 0.15) is 12.4 Å². The molecule has 1 fully saturated rings. The van der Waals surface area contributed by atoms with E-state index in [1.165, 1.54) is 6.26 Å². The van der Waals surface area contributed by atoms with Crippen molar-refractivity contribution in [2.24, 2.45) is 0 Å². The van der Waals surface area contributed by atoms with Gasteiger partial charge in [-0.15, -0.1) is 0 Å². The van der Waals surface area contributed by atoms with Gasteiger partial charge >= 0.3 is 0 Å². The molecule has 0 spiro atoms. The number of likely N-dealkylation sites (N-methyl/N-ethyl adjacent to an activating group) is 1. The molecule has 0 saturated carbocycles. The number of likely N-dealkylation sites (tertiary alicyclic amines) is 1. The monoisotopic (exact) mass is 314 g/mol. The molecule has 1 aromatic heterocycles. The minimum absolute atomic E-state index is 0.165.